The Morgan fingerprint density at radius 2 is 2.13 bits per heavy atom. The number of nitrogens with one attached hydrogen (secondary N) is 2. The molecule has 0 aromatic heterocycles. The van der Waals surface area contributed by atoms with Crippen LogP contribution in [0.4, 0.5) is 0 Å². The average molecular weight is 212 g/mol. The zero-order valence-corrected chi connectivity index (χ0v) is 8.62. The Balaban J connectivity index is 1.70. The fourth-order valence-corrected chi connectivity index (χ4v) is 2.02. The van der Waals surface area contributed by atoms with Crippen LogP contribution < -0.4 is 10.8 Å². The van der Waals surface area contributed by atoms with Gasteiger partial charge >= 0.3 is 0 Å². The molecule has 0 spiro atoms. The van der Waals surface area contributed by atoms with Crippen molar-refractivity contribution in [1.29, 1.82) is 0 Å². The maximum atomic E-state index is 11.5. The number of hydrogen-bond donors (Lipinski definition) is 2. The van der Waals surface area contributed by atoms with E-state index in [1.807, 2.05) is 0 Å². The van der Waals surface area contributed by atoms with Gasteiger partial charge in [-0.05, 0) is 12.8 Å². The molecule has 5 heteroatoms. The minimum Gasteiger partial charge on any atom is -0.355 e. The Kier molecular flexibility index (Phi) is 3.20. The Bertz CT molecular complexity index is 261. The third kappa shape index (κ3) is 2.68. The van der Waals surface area contributed by atoms with Crippen molar-refractivity contribution in [2.75, 3.05) is 6.54 Å². The number of amides is 2. The molecule has 15 heavy (non-hydrogen) atoms. The molecular weight excluding hydrogens is 196 g/mol. The summed E-state index contributed by atoms with van der Waals surface area (Å²) in [6.07, 6.45) is 4.82. The molecule has 1 aliphatic heterocycles. The molecule has 1 saturated carbocycles. The van der Waals surface area contributed by atoms with Crippen LogP contribution in [0.5, 0.6) is 0 Å². The number of hydrogen-bond acceptors (Lipinski definition) is 3. The Hall–Kier alpha value is -1.10. The van der Waals surface area contributed by atoms with Gasteiger partial charge in [0.25, 0.3) is 0 Å². The van der Waals surface area contributed by atoms with E-state index in [0.29, 0.717) is 6.54 Å². The highest BCUT2D eigenvalue weighted by molar-refractivity contribution is 5.88. The molecule has 2 fully saturated rings. The molecule has 2 rings (SSSR count). The molecule has 1 unspecified atom stereocenters. The second-order valence-corrected chi connectivity index (χ2v) is 4.20. The molecule has 0 aromatic carbocycles. The summed E-state index contributed by atoms with van der Waals surface area (Å²) in [5, 5.41) is 2.62. The predicted octanol–water partition coefficient (Wildman–Crippen LogP) is 0.113. The molecule has 1 heterocycles. The summed E-state index contributed by atoms with van der Waals surface area (Å²) in [7, 11) is 0. The average Bonchev–Trinajstić information content (AvgIpc) is 2.84. The number of carbonyl (C=O) groups excluding carboxylic acids is 2. The van der Waals surface area contributed by atoms with Gasteiger partial charge in [-0.15, -0.1) is 0 Å². The van der Waals surface area contributed by atoms with Gasteiger partial charge in [0.15, 0.2) is 0 Å². The van der Waals surface area contributed by atoms with Gasteiger partial charge in [0.2, 0.25) is 11.8 Å². The van der Waals surface area contributed by atoms with E-state index in [4.69, 9.17) is 4.84 Å². The molecule has 0 aromatic rings. The number of rotatable bonds is 3. The lowest BCUT2D eigenvalue weighted by Crippen LogP contribution is -2.34. The molecule has 1 atom stereocenters. The molecule has 2 aliphatic rings. The Morgan fingerprint density at radius 1 is 1.40 bits per heavy atom. The van der Waals surface area contributed by atoms with Crippen LogP contribution in [0.25, 0.3) is 0 Å². The van der Waals surface area contributed by atoms with Crippen LogP contribution in [0.1, 0.15) is 32.1 Å². The third-order valence-corrected chi connectivity index (χ3v) is 2.98. The van der Waals surface area contributed by atoms with E-state index in [-0.39, 0.29) is 30.3 Å². The first kappa shape index (κ1) is 10.4. The Labute approximate surface area is 88.5 Å². The summed E-state index contributed by atoms with van der Waals surface area (Å²) >= 11 is 0. The topological polar surface area (TPSA) is 67.4 Å². The fraction of sp³-hybridized carbons (Fsp3) is 0.800. The van der Waals surface area contributed by atoms with Crippen LogP contribution in [0, 0.1) is 5.92 Å². The maximum Gasteiger partial charge on any atom is 0.248 e. The van der Waals surface area contributed by atoms with Gasteiger partial charge in [-0.2, -0.15) is 0 Å². The summed E-state index contributed by atoms with van der Waals surface area (Å²) in [5.74, 6) is -0.504. The molecule has 5 nitrogen and oxygen atoms in total. The lowest BCUT2D eigenvalue weighted by molar-refractivity contribution is -0.142. The Morgan fingerprint density at radius 3 is 2.73 bits per heavy atom. The quantitative estimate of drug-likeness (QED) is 0.653. The molecule has 84 valence electrons. The first-order valence-electron chi connectivity index (χ1n) is 5.48. The molecular formula is C10H16N2O3. The third-order valence-electron chi connectivity index (χ3n) is 2.98. The van der Waals surface area contributed by atoms with Gasteiger partial charge in [0, 0.05) is 13.0 Å². The second kappa shape index (κ2) is 4.61. The van der Waals surface area contributed by atoms with E-state index in [9.17, 15) is 9.59 Å². The van der Waals surface area contributed by atoms with Gasteiger partial charge < -0.3 is 5.32 Å². The molecule has 2 N–H and O–H groups in total. The predicted molar refractivity (Wildman–Crippen MR) is 52.6 cm³/mol. The van der Waals surface area contributed by atoms with E-state index >= 15 is 0 Å². The normalized spacial score (nSPS) is 26.7. The summed E-state index contributed by atoms with van der Waals surface area (Å²) in [4.78, 5) is 27.7. The van der Waals surface area contributed by atoms with E-state index in [1.165, 1.54) is 12.8 Å². The highest BCUT2D eigenvalue weighted by Gasteiger charge is 2.28. The van der Waals surface area contributed by atoms with Gasteiger partial charge in [0.1, 0.15) is 0 Å². The molecule has 1 saturated heterocycles. The first-order valence-corrected chi connectivity index (χ1v) is 5.48. The zero-order chi connectivity index (χ0) is 10.7. The lowest BCUT2D eigenvalue weighted by atomic mass is 10.1. The van der Waals surface area contributed by atoms with Gasteiger partial charge in [0.05, 0.1) is 12.0 Å². The molecule has 2 amide bonds. The van der Waals surface area contributed by atoms with Crippen LogP contribution >= 0.6 is 0 Å². The van der Waals surface area contributed by atoms with Crippen molar-refractivity contribution in [3.8, 4) is 0 Å². The minimum atomic E-state index is -0.265. The largest absolute Gasteiger partial charge is 0.355 e. The van der Waals surface area contributed by atoms with Crippen molar-refractivity contribution in [1.82, 2.24) is 10.8 Å². The van der Waals surface area contributed by atoms with Crippen molar-refractivity contribution in [3.05, 3.63) is 0 Å². The number of carbonyl (C=O) groups is 2. The van der Waals surface area contributed by atoms with E-state index < -0.39 is 0 Å². The molecule has 0 radical (unpaired) electrons. The summed E-state index contributed by atoms with van der Waals surface area (Å²) in [6, 6.07) is 0. The van der Waals surface area contributed by atoms with Crippen LogP contribution in [0.15, 0.2) is 0 Å². The van der Waals surface area contributed by atoms with Crippen molar-refractivity contribution in [2.45, 2.75) is 38.2 Å². The van der Waals surface area contributed by atoms with Crippen molar-refractivity contribution >= 4 is 11.8 Å². The van der Waals surface area contributed by atoms with E-state index in [0.717, 1.165) is 12.8 Å². The lowest BCUT2D eigenvalue weighted by Gasteiger charge is -2.13. The molecule has 1 aliphatic carbocycles. The standard InChI is InChI=1S/C10H16N2O3/c13-9-5-7(6-11-9)10(14)12-15-8-3-1-2-4-8/h7-8H,1-6H2,(H,11,13)(H,12,14). The van der Waals surface area contributed by atoms with Crippen molar-refractivity contribution in [2.24, 2.45) is 5.92 Å². The smallest absolute Gasteiger partial charge is 0.248 e. The van der Waals surface area contributed by atoms with Crippen molar-refractivity contribution < 1.29 is 14.4 Å². The fourth-order valence-electron chi connectivity index (χ4n) is 2.02. The highest BCUT2D eigenvalue weighted by Crippen LogP contribution is 2.20. The van der Waals surface area contributed by atoms with Crippen LogP contribution in [-0.4, -0.2) is 24.5 Å². The molecule has 0 bridgehead atoms. The first-order chi connectivity index (χ1) is 7.25. The van der Waals surface area contributed by atoms with Crippen LogP contribution in [-0.2, 0) is 14.4 Å². The number of hydroxylamine groups is 1. The van der Waals surface area contributed by atoms with Gasteiger partial charge in [-0.1, -0.05) is 12.8 Å². The van der Waals surface area contributed by atoms with E-state index in [1.54, 1.807) is 0 Å². The van der Waals surface area contributed by atoms with Crippen molar-refractivity contribution in [3.63, 3.8) is 0 Å². The van der Waals surface area contributed by atoms with E-state index in [2.05, 4.69) is 10.8 Å². The van der Waals surface area contributed by atoms with Crippen LogP contribution in [0.3, 0.4) is 0 Å². The monoisotopic (exact) mass is 212 g/mol. The summed E-state index contributed by atoms with van der Waals surface area (Å²) in [6.45, 7) is 0.429. The minimum absolute atomic E-state index is 0.0592. The van der Waals surface area contributed by atoms with Gasteiger partial charge in [-0.25, -0.2) is 5.48 Å². The highest BCUT2D eigenvalue weighted by atomic mass is 16.7. The van der Waals surface area contributed by atoms with Crippen LogP contribution in [0.2, 0.25) is 0 Å². The van der Waals surface area contributed by atoms with Gasteiger partial charge in [-0.3, -0.25) is 14.4 Å². The maximum absolute atomic E-state index is 11.5. The summed E-state index contributed by atoms with van der Waals surface area (Å²) in [5.41, 5.74) is 2.46. The SMILES string of the molecule is O=C1CC(C(=O)NOC2CCCC2)CN1. The summed E-state index contributed by atoms with van der Waals surface area (Å²) < 4.78 is 0. The zero-order valence-electron chi connectivity index (χ0n) is 8.62. The second-order valence-electron chi connectivity index (χ2n) is 4.20.